The number of halogens is 3. The number of rotatable bonds is 7. The van der Waals surface area contributed by atoms with Gasteiger partial charge < -0.3 is 19.7 Å². The number of nitrogens with zero attached hydrogens (tertiary/aromatic N) is 5. The molecule has 1 saturated heterocycles. The van der Waals surface area contributed by atoms with Gasteiger partial charge in [-0.3, -0.25) is 14.5 Å². The predicted octanol–water partition coefficient (Wildman–Crippen LogP) is 2.81. The summed E-state index contributed by atoms with van der Waals surface area (Å²) in [5, 5.41) is 3.14. The van der Waals surface area contributed by atoms with E-state index < -0.39 is 6.55 Å². The molecule has 1 fully saturated rings. The van der Waals surface area contributed by atoms with Crippen molar-refractivity contribution in [2.45, 2.75) is 19.6 Å². The zero-order valence-corrected chi connectivity index (χ0v) is 20.3. The fourth-order valence-corrected chi connectivity index (χ4v) is 3.51. The number of alkyl halides is 2. The van der Waals surface area contributed by atoms with Crippen molar-refractivity contribution in [1.82, 2.24) is 24.7 Å². The molecule has 0 unspecified atom stereocenters. The van der Waals surface area contributed by atoms with E-state index in [0.29, 0.717) is 5.96 Å². The Morgan fingerprint density at radius 2 is 1.94 bits per heavy atom. The van der Waals surface area contributed by atoms with Gasteiger partial charge in [0.05, 0.1) is 20.8 Å². The van der Waals surface area contributed by atoms with Crippen molar-refractivity contribution in [2.24, 2.45) is 4.99 Å². The summed E-state index contributed by atoms with van der Waals surface area (Å²) in [6.45, 7) is 1.56. The van der Waals surface area contributed by atoms with Crippen LogP contribution in [0.3, 0.4) is 0 Å². The van der Waals surface area contributed by atoms with Crippen molar-refractivity contribution in [2.75, 3.05) is 47.4 Å². The number of methoxy groups -OCH3 is 2. The topological polar surface area (TPSA) is 67.2 Å². The molecule has 1 aromatic heterocycles. The van der Waals surface area contributed by atoms with E-state index in [1.165, 1.54) is 12.4 Å². The summed E-state index contributed by atoms with van der Waals surface area (Å²) >= 11 is 0. The summed E-state index contributed by atoms with van der Waals surface area (Å²) in [6, 6.07) is 5.80. The Balaban J connectivity index is 0.00000341. The van der Waals surface area contributed by atoms with E-state index in [1.807, 2.05) is 18.2 Å². The first-order valence-corrected chi connectivity index (χ1v) is 9.74. The quantitative estimate of drug-likeness (QED) is 0.325. The molecule has 1 aromatic carbocycles. The zero-order valence-electron chi connectivity index (χ0n) is 17.9. The Morgan fingerprint density at radius 3 is 2.55 bits per heavy atom. The number of benzene rings is 1. The van der Waals surface area contributed by atoms with Crippen molar-refractivity contribution in [3.63, 3.8) is 0 Å². The molecular formula is C20H29F2IN6O2. The molecule has 0 radical (unpaired) electrons. The molecule has 1 N–H and O–H groups in total. The number of nitrogens with one attached hydrogen (secondary N) is 1. The molecule has 11 heteroatoms. The highest BCUT2D eigenvalue weighted by molar-refractivity contribution is 14.0. The van der Waals surface area contributed by atoms with Crippen molar-refractivity contribution in [3.8, 4) is 11.5 Å². The minimum atomic E-state index is -2.61. The summed E-state index contributed by atoms with van der Waals surface area (Å²) in [7, 11) is 5.00. The van der Waals surface area contributed by atoms with Gasteiger partial charge in [-0.25, -0.2) is 4.98 Å². The SMILES string of the molecule is CN=C(NCc1nccn1C(F)F)N1CCN(Cc2cc(OC)ccc2OC)CC1.I. The van der Waals surface area contributed by atoms with Gasteiger partial charge in [-0.15, -0.1) is 24.0 Å². The third-order valence-corrected chi connectivity index (χ3v) is 5.13. The first kappa shape index (κ1) is 25.1. The summed E-state index contributed by atoms with van der Waals surface area (Å²) < 4.78 is 37.6. The van der Waals surface area contributed by atoms with E-state index in [1.54, 1.807) is 21.3 Å². The summed E-state index contributed by atoms with van der Waals surface area (Å²) in [6.07, 6.45) is 2.65. The van der Waals surface area contributed by atoms with E-state index in [-0.39, 0.29) is 36.3 Å². The second-order valence-electron chi connectivity index (χ2n) is 6.87. The van der Waals surface area contributed by atoms with Gasteiger partial charge in [0.25, 0.3) is 0 Å². The normalized spacial score (nSPS) is 15.0. The lowest BCUT2D eigenvalue weighted by Gasteiger charge is -2.36. The molecule has 0 bridgehead atoms. The van der Waals surface area contributed by atoms with Gasteiger partial charge >= 0.3 is 6.55 Å². The number of ether oxygens (including phenoxy) is 2. The Labute approximate surface area is 198 Å². The zero-order chi connectivity index (χ0) is 21.5. The number of hydrogen-bond acceptors (Lipinski definition) is 5. The molecule has 0 aliphatic carbocycles. The van der Waals surface area contributed by atoms with Crippen molar-refractivity contribution >= 4 is 29.9 Å². The van der Waals surface area contributed by atoms with Gasteiger partial charge in [0.15, 0.2) is 5.96 Å². The van der Waals surface area contributed by atoms with Crippen LogP contribution in [0.25, 0.3) is 0 Å². The van der Waals surface area contributed by atoms with Gasteiger partial charge in [-0.05, 0) is 18.2 Å². The molecule has 3 rings (SSSR count). The lowest BCUT2D eigenvalue weighted by atomic mass is 10.1. The number of hydrogen-bond donors (Lipinski definition) is 1. The Hall–Kier alpha value is -2.15. The molecular weight excluding hydrogens is 521 g/mol. The molecule has 8 nitrogen and oxygen atoms in total. The van der Waals surface area contributed by atoms with Gasteiger partial charge in [0.1, 0.15) is 17.3 Å². The average Bonchev–Trinajstić information content (AvgIpc) is 3.24. The van der Waals surface area contributed by atoms with Crippen LogP contribution in [0.1, 0.15) is 17.9 Å². The monoisotopic (exact) mass is 550 g/mol. The average molecular weight is 550 g/mol. The van der Waals surface area contributed by atoms with Gasteiger partial charge in [0.2, 0.25) is 0 Å². The first-order chi connectivity index (χ1) is 14.5. The largest absolute Gasteiger partial charge is 0.497 e. The smallest absolute Gasteiger partial charge is 0.319 e. The van der Waals surface area contributed by atoms with Gasteiger partial charge in [-0.2, -0.15) is 8.78 Å². The summed E-state index contributed by atoms with van der Waals surface area (Å²) in [4.78, 5) is 12.7. The van der Waals surface area contributed by atoms with Gasteiger partial charge in [-0.1, -0.05) is 0 Å². The minimum absolute atomic E-state index is 0. The minimum Gasteiger partial charge on any atom is -0.497 e. The highest BCUT2D eigenvalue weighted by Gasteiger charge is 2.21. The Morgan fingerprint density at radius 1 is 1.19 bits per heavy atom. The van der Waals surface area contributed by atoms with E-state index >= 15 is 0 Å². The number of aliphatic imine (C=N–C) groups is 1. The number of piperazine rings is 1. The molecule has 31 heavy (non-hydrogen) atoms. The standard InChI is InChI=1S/C20H28F2N6O2.HI/c1-23-20(25-13-18-24-6-7-28(18)19(21)22)27-10-8-26(9-11-27)14-15-12-16(29-2)4-5-17(15)30-3;/h4-7,12,19H,8-11,13-14H2,1-3H3,(H,23,25);1H. The van der Waals surface area contributed by atoms with Gasteiger partial charge in [0, 0.05) is 57.7 Å². The second kappa shape index (κ2) is 12.0. The molecule has 0 saturated carbocycles. The fraction of sp³-hybridized carbons (Fsp3) is 0.500. The molecule has 0 spiro atoms. The van der Waals surface area contributed by atoms with Crippen molar-refractivity contribution in [3.05, 3.63) is 42.0 Å². The van der Waals surface area contributed by atoms with Crippen LogP contribution in [0.2, 0.25) is 0 Å². The Bertz CT molecular complexity index is 856. The third-order valence-electron chi connectivity index (χ3n) is 5.13. The maximum absolute atomic E-state index is 13.0. The number of guanidine groups is 1. The van der Waals surface area contributed by atoms with Crippen LogP contribution >= 0.6 is 24.0 Å². The van der Waals surface area contributed by atoms with Crippen LogP contribution in [0.15, 0.2) is 35.6 Å². The van der Waals surface area contributed by atoms with Crippen LogP contribution in [0.4, 0.5) is 8.78 Å². The molecule has 1 aliphatic heterocycles. The molecule has 0 amide bonds. The third kappa shape index (κ3) is 6.42. The predicted molar refractivity (Wildman–Crippen MR) is 125 cm³/mol. The van der Waals surface area contributed by atoms with Crippen molar-refractivity contribution < 1.29 is 18.3 Å². The molecule has 2 heterocycles. The van der Waals surface area contributed by atoms with E-state index in [9.17, 15) is 8.78 Å². The Kier molecular flexibility index (Phi) is 9.75. The summed E-state index contributed by atoms with van der Waals surface area (Å²) in [5.41, 5.74) is 1.08. The van der Waals surface area contributed by atoms with Crippen molar-refractivity contribution in [1.29, 1.82) is 0 Å². The maximum atomic E-state index is 13.0. The molecule has 1 aliphatic rings. The van der Waals surface area contributed by atoms with Crippen LogP contribution in [0, 0.1) is 0 Å². The van der Waals surface area contributed by atoms with E-state index in [4.69, 9.17) is 9.47 Å². The number of imidazole rings is 1. The highest BCUT2D eigenvalue weighted by atomic mass is 127. The maximum Gasteiger partial charge on any atom is 0.319 e. The van der Waals surface area contributed by atoms with Crippen LogP contribution in [-0.2, 0) is 13.1 Å². The van der Waals surface area contributed by atoms with Crippen LogP contribution in [0.5, 0.6) is 11.5 Å². The second-order valence-corrected chi connectivity index (χ2v) is 6.87. The first-order valence-electron chi connectivity index (χ1n) is 9.74. The molecule has 0 atom stereocenters. The lowest BCUT2D eigenvalue weighted by Crippen LogP contribution is -2.52. The lowest BCUT2D eigenvalue weighted by molar-refractivity contribution is 0.0668. The molecule has 2 aromatic rings. The summed E-state index contributed by atoms with van der Waals surface area (Å²) in [5.74, 6) is 2.59. The van der Waals surface area contributed by atoms with Crippen LogP contribution in [-0.4, -0.2) is 72.8 Å². The number of aromatic nitrogens is 2. The van der Waals surface area contributed by atoms with Crippen LogP contribution < -0.4 is 14.8 Å². The van der Waals surface area contributed by atoms with E-state index in [0.717, 1.165) is 54.4 Å². The fourth-order valence-electron chi connectivity index (χ4n) is 3.51. The van der Waals surface area contributed by atoms with E-state index in [2.05, 4.69) is 25.1 Å². The highest BCUT2D eigenvalue weighted by Crippen LogP contribution is 2.25. The molecule has 172 valence electrons.